The first kappa shape index (κ1) is 12.6. The van der Waals surface area contributed by atoms with Gasteiger partial charge in [-0.3, -0.25) is 0 Å². The summed E-state index contributed by atoms with van der Waals surface area (Å²) >= 11 is 5.72. The van der Waals surface area contributed by atoms with Crippen LogP contribution in [-0.4, -0.2) is 5.11 Å². The lowest BCUT2D eigenvalue weighted by molar-refractivity contribution is 0.475. The van der Waals surface area contributed by atoms with Crippen molar-refractivity contribution in [2.75, 3.05) is 5.32 Å². The summed E-state index contributed by atoms with van der Waals surface area (Å²) in [4.78, 5) is 0. The molecule has 2 aromatic carbocycles. The third kappa shape index (κ3) is 2.71. The van der Waals surface area contributed by atoms with Crippen LogP contribution in [0.5, 0.6) is 5.75 Å². The van der Waals surface area contributed by atoms with Crippen LogP contribution in [0, 0.1) is 11.6 Å². The van der Waals surface area contributed by atoms with E-state index in [-0.39, 0.29) is 22.9 Å². The van der Waals surface area contributed by atoms with E-state index < -0.39 is 11.6 Å². The smallest absolute Gasteiger partial charge is 0.134 e. The van der Waals surface area contributed by atoms with Gasteiger partial charge in [0.25, 0.3) is 0 Å². The summed E-state index contributed by atoms with van der Waals surface area (Å²) in [6.45, 7) is -0.000386. The van der Waals surface area contributed by atoms with Gasteiger partial charge in [0.05, 0.1) is 5.02 Å². The maximum absolute atomic E-state index is 13.4. The van der Waals surface area contributed by atoms with Crippen molar-refractivity contribution in [2.45, 2.75) is 6.54 Å². The van der Waals surface area contributed by atoms with Crippen LogP contribution >= 0.6 is 11.6 Å². The molecule has 0 unspecified atom stereocenters. The van der Waals surface area contributed by atoms with Crippen LogP contribution < -0.4 is 5.32 Å². The predicted molar refractivity (Wildman–Crippen MR) is 66.8 cm³/mol. The molecule has 0 atom stereocenters. The monoisotopic (exact) mass is 269 g/mol. The van der Waals surface area contributed by atoms with E-state index in [0.717, 1.165) is 0 Å². The van der Waals surface area contributed by atoms with Crippen molar-refractivity contribution in [1.82, 2.24) is 0 Å². The molecule has 0 amide bonds. The zero-order chi connectivity index (χ0) is 13.1. The second-order valence-electron chi connectivity index (χ2n) is 3.72. The van der Waals surface area contributed by atoms with Gasteiger partial charge in [0, 0.05) is 17.8 Å². The zero-order valence-electron chi connectivity index (χ0n) is 9.25. The molecule has 0 saturated heterocycles. The van der Waals surface area contributed by atoms with Gasteiger partial charge in [-0.2, -0.15) is 0 Å². The quantitative estimate of drug-likeness (QED) is 0.828. The van der Waals surface area contributed by atoms with Gasteiger partial charge in [0.1, 0.15) is 17.4 Å². The molecule has 0 fully saturated rings. The predicted octanol–water partition coefficient (Wildman–Crippen LogP) is 3.94. The number of hydrogen-bond acceptors (Lipinski definition) is 2. The molecular weight excluding hydrogens is 260 g/mol. The molecule has 94 valence electrons. The number of rotatable bonds is 3. The number of phenolic OH excluding ortho intramolecular Hbond substituents is 1. The third-order valence-electron chi connectivity index (χ3n) is 2.48. The largest absolute Gasteiger partial charge is 0.506 e. The maximum atomic E-state index is 13.4. The molecule has 18 heavy (non-hydrogen) atoms. The van der Waals surface area contributed by atoms with Crippen molar-refractivity contribution < 1.29 is 13.9 Å². The zero-order valence-corrected chi connectivity index (χ0v) is 10.0. The Bertz CT molecular complexity index is 555. The van der Waals surface area contributed by atoms with Crippen LogP contribution in [0.3, 0.4) is 0 Å². The minimum atomic E-state index is -0.604. The van der Waals surface area contributed by atoms with Crippen LogP contribution in [0.2, 0.25) is 5.02 Å². The standard InChI is InChI=1S/C13H10ClF2NO/c14-10-6-8(4-5-13(10)18)17-7-9-11(15)2-1-3-12(9)16/h1-6,17-18H,7H2. The maximum Gasteiger partial charge on any atom is 0.134 e. The minimum absolute atomic E-state index is 0.000386. The highest BCUT2D eigenvalue weighted by molar-refractivity contribution is 6.32. The minimum Gasteiger partial charge on any atom is -0.506 e. The Morgan fingerprint density at radius 3 is 2.39 bits per heavy atom. The number of anilines is 1. The van der Waals surface area contributed by atoms with Gasteiger partial charge in [-0.15, -0.1) is 0 Å². The molecule has 2 nitrogen and oxygen atoms in total. The van der Waals surface area contributed by atoms with Crippen LogP contribution in [0.15, 0.2) is 36.4 Å². The molecule has 2 aromatic rings. The molecule has 0 saturated carbocycles. The van der Waals surface area contributed by atoms with E-state index in [9.17, 15) is 13.9 Å². The first-order valence-corrected chi connectivity index (χ1v) is 5.61. The second kappa shape index (κ2) is 5.23. The molecular formula is C13H10ClF2NO. The van der Waals surface area contributed by atoms with E-state index in [1.807, 2.05) is 0 Å². The van der Waals surface area contributed by atoms with Gasteiger partial charge < -0.3 is 10.4 Å². The average molecular weight is 270 g/mol. The van der Waals surface area contributed by atoms with Gasteiger partial charge in [-0.05, 0) is 30.3 Å². The number of benzene rings is 2. The summed E-state index contributed by atoms with van der Waals surface area (Å²) in [6.07, 6.45) is 0. The fraction of sp³-hybridized carbons (Fsp3) is 0.0769. The first-order chi connectivity index (χ1) is 8.58. The highest BCUT2D eigenvalue weighted by Gasteiger charge is 2.08. The summed E-state index contributed by atoms with van der Waals surface area (Å²) in [7, 11) is 0. The van der Waals surface area contributed by atoms with Gasteiger partial charge in [0.2, 0.25) is 0 Å². The Kier molecular flexibility index (Phi) is 3.67. The Hall–Kier alpha value is -1.81. The van der Waals surface area contributed by atoms with E-state index in [2.05, 4.69) is 5.32 Å². The summed E-state index contributed by atoms with van der Waals surface area (Å²) < 4.78 is 26.7. The van der Waals surface area contributed by atoms with Crippen LogP contribution in [0.1, 0.15) is 5.56 Å². The van der Waals surface area contributed by atoms with E-state index in [1.165, 1.54) is 30.3 Å². The highest BCUT2D eigenvalue weighted by atomic mass is 35.5. The van der Waals surface area contributed by atoms with E-state index in [0.29, 0.717) is 5.69 Å². The number of nitrogens with one attached hydrogen (secondary N) is 1. The second-order valence-corrected chi connectivity index (χ2v) is 4.13. The Morgan fingerprint density at radius 1 is 1.11 bits per heavy atom. The average Bonchev–Trinajstić information content (AvgIpc) is 2.33. The molecule has 0 radical (unpaired) electrons. The topological polar surface area (TPSA) is 32.3 Å². The van der Waals surface area contributed by atoms with Crippen molar-refractivity contribution in [3.05, 3.63) is 58.6 Å². The van der Waals surface area contributed by atoms with Crippen molar-refractivity contribution in [2.24, 2.45) is 0 Å². The lowest BCUT2D eigenvalue weighted by Crippen LogP contribution is -2.04. The Morgan fingerprint density at radius 2 is 1.78 bits per heavy atom. The van der Waals surface area contributed by atoms with E-state index >= 15 is 0 Å². The lowest BCUT2D eigenvalue weighted by atomic mass is 10.2. The van der Waals surface area contributed by atoms with Crippen molar-refractivity contribution >= 4 is 17.3 Å². The summed E-state index contributed by atoms with van der Waals surface area (Å²) in [5.41, 5.74) is 0.530. The Labute approximate surface area is 108 Å². The lowest BCUT2D eigenvalue weighted by Gasteiger charge is -2.09. The molecule has 0 aliphatic rings. The molecule has 2 N–H and O–H groups in total. The molecule has 2 rings (SSSR count). The number of phenols is 1. The molecule has 0 aromatic heterocycles. The number of hydrogen-bond donors (Lipinski definition) is 2. The van der Waals surface area contributed by atoms with Crippen molar-refractivity contribution in [3.8, 4) is 5.75 Å². The highest BCUT2D eigenvalue weighted by Crippen LogP contribution is 2.26. The summed E-state index contributed by atoms with van der Waals surface area (Å²) in [5.74, 6) is -1.25. The third-order valence-corrected chi connectivity index (χ3v) is 2.78. The number of halogens is 3. The summed E-state index contributed by atoms with van der Waals surface area (Å²) in [6, 6.07) is 8.16. The molecule has 0 aliphatic heterocycles. The Balaban J connectivity index is 2.14. The van der Waals surface area contributed by atoms with Gasteiger partial charge in [-0.25, -0.2) is 8.78 Å². The summed E-state index contributed by atoms with van der Waals surface area (Å²) in [5, 5.41) is 12.2. The fourth-order valence-corrected chi connectivity index (χ4v) is 1.69. The van der Waals surface area contributed by atoms with Crippen LogP contribution in [0.25, 0.3) is 0 Å². The van der Waals surface area contributed by atoms with E-state index in [4.69, 9.17) is 11.6 Å². The number of aromatic hydroxyl groups is 1. The molecule has 0 bridgehead atoms. The molecule has 0 heterocycles. The van der Waals surface area contributed by atoms with E-state index in [1.54, 1.807) is 6.07 Å². The molecule has 0 aliphatic carbocycles. The van der Waals surface area contributed by atoms with Gasteiger partial charge in [0.15, 0.2) is 0 Å². The van der Waals surface area contributed by atoms with Crippen molar-refractivity contribution in [1.29, 1.82) is 0 Å². The van der Waals surface area contributed by atoms with Crippen LogP contribution in [0.4, 0.5) is 14.5 Å². The molecule has 5 heteroatoms. The van der Waals surface area contributed by atoms with Crippen LogP contribution in [-0.2, 0) is 6.54 Å². The van der Waals surface area contributed by atoms with Gasteiger partial charge >= 0.3 is 0 Å². The van der Waals surface area contributed by atoms with Crippen molar-refractivity contribution in [3.63, 3.8) is 0 Å². The normalized spacial score (nSPS) is 10.4. The fourth-order valence-electron chi connectivity index (χ4n) is 1.51. The molecule has 0 spiro atoms. The first-order valence-electron chi connectivity index (χ1n) is 5.23. The SMILES string of the molecule is Oc1ccc(NCc2c(F)cccc2F)cc1Cl. The van der Waals surface area contributed by atoms with Gasteiger partial charge in [-0.1, -0.05) is 17.7 Å².